The van der Waals surface area contributed by atoms with Gasteiger partial charge in [-0.25, -0.2) is 4.79 Å². The quantitative estimate of drug-likeness (QED) is 0.662. The normalized spacial score (nSPS) is 9.70. The molecule has 0 spiro atoms. The van der Waals surface area contributed by atoms with Crippen LogP contribution in [0.1, 0.15) is 28.4 Å². The lowest BCUT2D eigenvalue weighted by molar-refractivity contribution is 0.0526. The fourth-order valence-electron chi connectivity index (χ4n) is 2.20. The highest BCUT2D eigenvalue weighted by atomic mass is 16.5. The number of hydrogen-bond donors (Lipinski definition) is 2. The first-order chi connectivity index (χ1) is 11.0. The molecule has 0 fully saturated rings. The number of nitrogens with two attached hydrogens (primary N) is 2. The number of hydrogen-bond acceptors (Lipinski definition) is 6. The first kappa shape index (κ1) is 15.9. The molecule has 0 atom stereocenters. The Balaban J connectivity index is 2.77. The lowest BCUT2D eigenvalue weighted by atomic mass is 9.92. The predicted molar refractivity (Wildman–Crippen MR) is 86.1 cm³/mol. The Morgan fingerprint density at radius 1 is 1.13 bits per heavy atom. The zero-order valence-electron chi connectivity index (χ0n) is 12.5. The first-order valence-electron chi connectivity index (χ1n) is 6.83. The summed E-state index contributed by atoms with van der Waals surface area (Å²) in [6.45, 7) is 1.83. The van der Waals surface area contributed by atoms with Gasteiger partial charge in [0.05, 0.1) is 29.0 Å². The number of nitrogens with zero attached hydrogens (tertiary/aromatic N) is 2. The highest BCUT2D eigenvalue weighted by Gasteiger charge is 2.22. The summed E-state index contributed by atoms with van der Waals surface area (Å²) in [5.41, 5.74) is 13.4. The number of nitrogen functional groups attached to an aromatic ring is 2. The third kappa shape index (κ3) is 2.92. The van der Waals surface area contributed by atoms with Crippen molar-refractivity contribution in [3.05, 3.63) is 47.0 Å². The third-order valence-corrected chi connectivity index (χ3v) is 3.31. The standard InChI is InChI=1S/C17H14N4O2/c1-2-23-17(22)13-7-12(10-3-5-11(20)6-4-10)14(8-18)16(21)15(13)9-19/h3-7H,2,20-21H2,1H3. The summed E-state index contributed by atoms with van der Waals surface area (Å²) in [6.07, 6.45) is 0. The number of benzene rings is 2. The van der Waals surface area contributed by atoms with Crippen LogP contribution >= 0.6 is 0 Å². The Bertz CT molecular complexity index is 843. The first-order valence-corrected chi connectivity index (χ1v) is 6.83. The Morgan fingerprint density at radius 2 is 1.74 bits per heavy atom. The Morgan fingerprint density at radius 3 is 2.26 bits per heavy atom. The molecule has 0 aliphatic rings. The van der Waals surface area contributed by atoms with Crippen LogP contribution in [0.15, 0.2) is 30.3 Å². The van der Waals surface area contributed by atoms with Crippen LogP contribution < -0.4 is 11.5 Å². The van der Waals surface area contributed by atoms with E-state index in [9.17, 15) is 15.3 Å². The van der Waals surface area contributed by atoms with Crippen molar-refractivity contribution in [1.29, 1.82) is 10.5 Å². The van der Waals surface area contributed by atoms with Crippen LogP contribution in [-0.2, 0) is 4.74 Å². The summed E-state index contributed by atoms with van der Waals surface area (Å²) < 4.78 is 4.96. The smallest absolute Gasteiger partial charge is 0.339 e. The SMILES string of the molecule is CCOC(=O)c1cc(-c2ccc(N)cc2)c(C#N)c(N)c1C#N. The molecule has 0 heterocycles. The monoisotopic (exact) mass is 306 g/mol. The number of ether oxygens (including phenoxy) is 1. The highest BCUT2D eigenvalue weighted by Crippen LogP contribution is 2.33. The van der Waals surface area contributed by atoms with Crippen molar-refractivity contribution >= 4 is 17.3 Å². The number of rotatable bonds is 3. The summed E-state index contributed by atoms with van der Waals surface area (Å²) in [5.74, 6) is -0.656. The molecule has 0 amide bonds. The highest BCUT2D eigenvalue weighted by molar-refractivity contribution is 5.98. The van der Waals surface area contributed by atoms with Gasteiger partial charge in [0.1, 0.15) is 12.1 Å². The zero-order valence-corrected chi connectivity index (χ0v) is 12.5. The molecule has 0 aliphatic carbocycles. The second-order valence-electron chi connectivity index (χ2n) is 4.70. The number of anilines is 2. The van der Waals surface area contributed by atoms with Crippen LogP contribution in [0.25, 0.3) is 11.1 Å². The summed E-state index contributed by atoms with van der Waals surface area (Å²) in [4.78, 5) is 12.1. The number of carbonyl (C=O) groups is 1. The summed E-state index contributed by atoms with van der Waals surface area (Å²) >= 11 is 0. The molecule has 4 N–H and O–H groups in total. The van der Waals surface area contributed by atoms with E-state index in [0.29, 0.717) is 16.8 Å². The van der Waals surface area contributed by atoms with Crippen molar-refractivity contribution in [2.24, 2.45) is 0 Å². The molecule has 2 aromatic rings. The average Bonchev–Trinajstić information content (AvgIpc) is 2.55. The van der Waals surface area contributed by atoms with Crippen molar-refractivity contribution in [3.63, 3.8) is 0 Å². The van der Waals surface area contributed by atoms with Gasteiger partial charge in [-0.15, -0.1) is 0 Å². The molecule has 0 saturated carbocycles. The van der Waals surface area contributed by atoms with E-state index in [4.69, 9.17) is 16.2 Å². The molecule has 0 aliphatic heterocycles. The van der Waals surface area contributed by atoms with E-state index in [2.05, 4.69) is 0 Å². The average molecular weight is 306 g/mol. The van der Waals surface area contributed by atoms with Gasteiger partial charge in [-0.2, -0.15) is 10.5 Å². The minimum Gasteiger partial charge on any atom is -0.462 e. The molecular formula is C17H14N4O2. The zero-order chi connectivity index (χ0) is 17.0. The van der Waals surface area contributed by atoms with Crippen LogP contribution in [-0.4, -0.2) is 12.6 Å². The van der Waals surface area contributed by atoms with Crippen molar-refractivity contribution in [1.82, 2.24) is 0 Å². The van der Waals surface area contributed by atoms with Gasteiger partial charge in [-0.1, -0.05) is 12.1 Å². The lowest BCUT2D eigenvalue weighted by Gasteiger charge is -2.13. The van der Waals surface area contributed by atoms with Crippen LogP contribution in [0.3, 0.4) is 0 Å². The van der Waals surface area contributed by atoms with Gasteiger partial charge in [0.25, 0.3) is 0 Å². The third-order valence-electron chi connectivity index (χ3n) is 3.31. The topological polar surface area (TPSA) is 126 Å². The number of nitriles is 2. The maximum Gasteiger partial charge on any atom is 0.339 e. The van der Waals surface area contributed by atoms with E-state index in [1.54, 1.807) is 31.2 Å². The molecule has 23 heavy (non-hydrogen) atoms. The predicted octanol–water partition coefficient (Wildman–Crippen LogP) is 2.44. The molecular weight excluding hydrogens is 292 g/mol. The summed E-state index contributed by atoms with van der Waals surface area (Å²) in [6, 6.07) is 12.1. The van der Waals surface area contributed by atoms with Gasteiger partial charge in [0.15, 0.2) is 0 Å². The van der Waals surface area contributed by atoms with E-state index in [-0.39, 0.29) is 29.0 Å². The fraction of sp³-hybridized carbons (Fsp3) is 0.118. The molecule has 0 radical (unpaired) electrons. The summed E-state index contributed by atoms with van der Waals surface area (Å²) in [5, 5.41) is 18.7. The largest absolute Gasteiger partial charge is 0.462 e. The summed E-state index contributed by atoms with van der Waals surface area (Å²) in [7, 11) is 0. The molecule has 0 unspecified atom stereocenters. The van der Waals surface area contributed by atoms with Gasteiger partial charge >= 0.3 is 5.97 Å². The number of esters is 1. The Kier molecular flexibility index (Phi) is 4.49. The molecule has 114 valence electrons. The van der Waals surface area contributed by atoms with Crippen LogP contribution in [0.4, 0.5) is 11.4 Å². The molecule has 2 rings (SSSR count). The molecule has 0 saturated heterocycles. The molecule has 2 aromatic carbocycles. The van der Waals surface area contributed by atoms with Gasteiger partial charge in [0, 0.05) is 11.3 Å². The van der Waals surface area contributed by atoms with E-state index < -0.39 is 5.97 Å². The van der Waals surface area contributed by atoms with Gasteiger partial charge in [-0.05, 0) is 30.7 Å². The van der Waals surface area contributed by atoms with Crippen LogP contribution in [0, 0.1) is 22.7 Å². The van der Waals surface area contributed by atoms with E-state index in [0.717, 1.165) is 0 Å². The van der Waals surface area contributed by atoms with Crippen molar-refractivity contribution in [2.75, 3.05) is 18.1 Å². The van der Waals surface area contributed by atoms with E-state index in [1.807, 2.05) is 12.1 Å². The van der Waals surface area contributed by atoms with Crippen LogP contribution in [0.2, 0.25) is 0 Å². The molecule has 6 nitrogen and oxygen atoms in total. The van der Waals surface area contributed by atoms with E-state index >= 15 is 0 Å². The van der Waals surface area contributed by atoms with Gasteiger partial charge in [-0.3, -0.25) is 0 Å². The second kappa shape index (κ2) is 6.50. The van der Waals surface area contributed by atoms with Crippen molar-refractivity contribution < 1.29 is 9.53 Å². The van der Waals surface area contributed by atoms with Crippen molar-refractivity contribution in [2.45, 2.75) is 6.92 Å². The van der Waals surface area contributed by atoms with Crippen molar-refractivity contribution in [3.8, 4) is 23.3 Å². The molecule has 0 bridgehead atoms. The van der Waals surface area contributed by atoms with Gasteiger partial charge < -0.3 is 16.2 Å². The van der Waals surface area contributed by atoms with Gasteiger partial charge in [0.2, 0.25) is 0 Å². The van der Waals surface area contributed by atoms with Crippen LogP contribution in [0.5, 0.6) is 0 Å². The lowest BCUT2D eigenvalue weighted by Crippen LogP contribution is -2.11. The Labute approximate surface area is 133 Å². The maximum absolute atomic E-state index is 12.1. The fourth-order valence-corrected chi connectivity index (χ4v) is 2.20. The molecule has 6 heteroatoms. The van der Waals surface area contributed by atoms with E-state index in [1.165, 1.54) is 6.07 Å². The minimum absolute atomic E-state index is 0.0348. The maximum atomic E-state index is 12.1. The molecule has 0 aromatic heterocycles. The minimum atomic E-state index is -0.656. The number of carbonyl (C=O) groups excluding carboxylic acids is 1. The second-order valence-corrected chi connectivity index (χ2v) is 4.70. The Hall–Kier alpha value is -3.51.